The monoisotopic (exact) mass is 361 g/mol. The van der Waals surface area contributed by atoms with Gasteiger partial charge >= 0.3 is 0 Å². The molecule has 8 heteroatoms. The van der Waals surface area contributed by atoms with Gasteiger partial charge in [0.15, 0.2) is 0 Å². The van der Waals surface area contributed by atoms with Gasteiger partial charge in [0, 0.05) is 26.3 Å². The molecule has 2 fully saturated rings. The highest BCUT2D eigenvalue weighted by molar-refractivity contribution is 5.93. The minimum absolute atomic E-state index is 0.0234. The Morgan fingerprint density at radius 1 is 1.54 bits per heavy atom. The first-order chi connectivity index (χ1) is 12.6. The van der Waals surface area contributed by atoms with E-state index in [-0.39, 0.29) is 17.9 Å². The second-order valence-electron chi connectivity index (χ2n) is 7.04. The second kappa shape index (κ2) is 6.51. The van der Waals surface area contributed by atoms with Crippen LogP contribution in [0.25, 0.3) is 0 Å². The van der Waals surface area contributed by atoms with E-state index in [0.717, 1.165) is 0 Å². The summed E-state index contributed by atoms with van der Waals surface area (Å²) in [5.74, 6) is -1.09. The number of carbonyl (C=O) groups excluding carboxylic acids is 2. The Bertz CT molecular complexity index is 718. The van der Waals surface area contributed by atoms with Crippen molar-refractivity contribution in [1.29, 1.82) is 0 Å². The zero-order valence-corrected chi connectivity index (χ0v) is 15.0. The number of nitrogens with zero attached hydrogens (tertiary/aromatic N) is 3. The molecular formula is C18H23N3O5. The van der Waals surface area contributed by atoms with E-state index < -0.39 is 17.4 Å². The van der Waals surface area contributed by atoms with E-state index in [9.17, 15) is 9.59 Å². The average Bonchev–Trinajstić information content (AvgIpc) is 3.38. The maximum atomic E-state index is 13.1. The van der Waals surface area contributed by atoms with Gasteiger partial charge < -0.3 is 23.8 Å². The van der Waals surface area contributed by atoms with Crippen LogP contribution in [0.5, 0.6) is 0 Å². The molecule has 8 nitrogen and oxygen atoms in total. The smallest absolute Gasteiger partial charge is 0.230 e. The highest BCUT2D eigenvalue weighted by atomic mass is 16.5. The van der Waals surface area contributed by atoms with Gasteiger partial charge in [-0.25, -0.2) is 0 Å². The molecule has 1 aromatic rings. The average molecular weight is 361 g/mol. The van der Waals surface area contributed by atoms with Crippen molar-refractivity contribution in [3.05, 3.63) is 30.2 Å². The summed E-state index contributed by atoms with van der Waals surface area (Å²) in [6.07, 6.45) is 5.01. The highest BCUT2D eigenvalue weighted by Crippen LogP contribution is 2.52. The van der Waals surface area contributed by atoms with E-state index >= 15 is 0 Å². The van der Waals surface area contributed by atoms with E-state index in [1.54, 1.807) is 22.9 Å². The van der Waals surface area contributed by atoms with E-state index in [1.165, 1.54) is 6.26 Å². The molecule has 1 aromatic heterocycles. The topological polar surface area (TPSA) is 85.1 Å². The number of aromatic nitrogens is 1. The van der Waals surface area contributed by atoms with Gasteiger partial charge in [-0.05, 0) is 6.92 Å². The summed E-state index contributed by atoms with van der Waals surface area (Å²) in [4.78, 5) is 29.4. The van der Waals surface area contributed by atoms with E-state index in [2.05, 4.69) is 5.16 Å². The minimum Gasteiger partial charge on any atom is -0.380 e. The number of likely N-dealkylation sites (tertiary alicyclic amines) is 1. The molecule has 3 aliphatic rings. The quantitative estimate of drug-likeness (QED) is 0.518. The molecule has 4 rings (SSSR count). The Balaban J connectivity index is 1.50. The van der Waals surface area contributed by atoms with Gasteiger partial charge in [-0.3, -0.25) is 9.59 Å². The van der Waals surface area contributed by atoms with Gasteiger partial charge in [0.2, 0.25) is 11.8 Å². The second-order valence-corrected chi connectivity index (χ2v) is 7.04. The predicted molar refractivity (Wildman–Crippen MR) is 89.8 cm³/mol. The maximum absolute atomic E-state index is 13.1. The minimum atomic E-state index is -0.678. The number of hydrogen-bond acceptors (Lipinski definition) is 6. The first kappa shape index (κ1) is 17.2. The fourth-order valence-electron chi connectivity index (χ4n) is 4.26. The van der Waals surface area contributed by atoms with Crippen molar-refractivity contribution in [1.82, 2.24) is 15.0 Å². The largest absolute Gasteiger partial charge is 0.380 e. The van der Waals surface area contributed by atoms with Crippen molar-refractivity contribution in [3.63, 3.8) is 0 Å². The summed E-state index contributed by atoms with van der Waals surface area (Å²) < 4.78 is 16.3. The van der Waals surface area contributed by atoms with Crippen molar-refractivity contribution in [3.8, 4) is 0 Å². The predicted octanol–water partition coefficient (Wildman–Crippen LogP) is 0.452. The van der Waals surface area contributed by atoms with Crippen molar-refractivity contribution < 1.29 is 23.6 Å². The third-order valence-electron chi connectivity index (χ3n) is 5.44. The lowest BCUT2D eigenvalue weighted by molar-refractivity contribution is -0.143. The molecular weight excluding hydrogens is 338 g/mol. The van der Waals surface area contributed by atoms with Crippen molar-refractivity contribution in [2.75, 3.05) is 33.4 Å². The summed E-state index contributed by atoms with van der Waals surface area (Å²) in [7, 11) is 1.71. The Labute approximate surface area is 151 Å². The summed E-state index contributed by atoms with van der Waals surface area (Å²) >= 11 is 0. The van der Waals surface area contributed by atoms with E-state index in [0.29, 0.717) is 38.5 Å². The number of rotatable bonds is 7. The van der Waals surface area contributed by atoms with E-state index in [4.69, 9.17) is 14.0 Å². The van der Waals surface area contributed by atoms with Gasteiger partial charge in [-0.15, -0.1) is 0 Å². The molecule has 0 aromatic carbocycles. The highest BCUT2D eigenvalue weighted by Gasteiger charge is 2.66. The van der Waals surface area contributed by atoms with Crippen LogP contribution < -0.4 is 0 Å². The number of amides is 2. The molecule has 2 amide bonds. The fraction of sp³-hybridized carbons (Fsp3) is 0.611. The molecule has 2 unspecified atom stereocenters. The molecule has 0 saturated carbocycles. The molecule has 26 heavy (non-hydrogen) atoms. The number of carbonyl (C=O) groups is 2. The molecule has 0 aliphatic carbocycles. The molecule has 2 bridgehead atoms. The molecule has 2 saturated heterocycles. The molecule has 0 N–H and O–H groups in total. The lowest BCUT2D eigenvalue weighted by atomic mass is 9.76. The van der Waals surface area contributed by atoms with Crippen LogP contribution in [0.4, 0.5) is 0 Å². The maximum Gasteiger partial charge on any atom is 0.230 e. The number of hydrogen-bond donors (Lipinski definition) is 0. The normalized spacial score (nSPS) is 31.7. The lowest BCUT2D eigenvalue weighted by Gasteiger charge is -2.27. The van der Waals surface area contributed by atoms with Crippen LogP contribution in [-0.4, -0.2) is 71.8 Å². The molecule has 4 atom stereocenters. The Morgan fingerprint density at radius 2 is 2.38 bits per heavy atom. The van der Waals surface area contributed by atoms with Gasteiger partial charge in [0.25, 0.3) is 0 Å². The molecule has 0 radical (unpaired) electrons. The SMILES string of the molecule is CCOCCN1C[C@@]23C=C[C@@H](O2)C(C(=O)N(C)Cc2ccon2)C3C1=O. The van der Waals surface area contributed by atoms with Crippen LogP contribution in [0.3, 0.4) is 0 Å². The number of ether oxygens (including phenoxy) is 2. The van der Waals surface area contributed by atoms with Crippen LogP contribution in [0.15, 0.2) is 29.0 Å². The Hall–Kier alpha value is -2.19. The molecule has 3 aliphatic heterocycles. The standard InChI is InChI=1S/C18H23N3O5/c1-3-24-9-7-21-11-18-6-4-13(26-18)14(15(18)17(21)23)16(22)20(2)10-12-5-8-25-19-12/h4-6,8,13-15H,3,7,9-11H2,1-2H3/t13-,14?,15?,18-/m1/s1. The first-order valence-corrected chi connectivity index (χ1v) is 8.93. The van der Waals surface area contributed by atoms with Crippen molar-refractivity contribution >= 4 is 11.8 Å². The molecule has 4 heterocycles. The fourth-order valence-corrected chi connectivity index (χ4v) is 4.26. The van der Waals surface area contributed by atoms with Crippen molar-refractivity contribution in [2.45, 2.75) is 25.2 Å². The van der Waals surface area contributed by atoms with Gasteiger partial charge in [0.1, 0.15) is 17.6 Å². The van der Waals surface area contributed by atoms with E-state index in [1.807, 2.05) is 19.1 Å². The van der Waals surface area contributed by atoms with Crippen LogP contribution in [0.1, 0.15) is 12.6 Å². The summed E-state index contributed by atoms with van der Waals surface area (Å²) in [5, 5.41) is 3.84. The molecule has 140 valence electrons. The van der Waals surface area contributed by atoms with Gasteiger partial charge in [-0.2, -0.15) is 0 Å². The third-order valence-corrected chi connectivity index (χ3v) is 5.44. The molecule has 1 spiro atoms. The Morgan fingerprint density at radius 3 is 3.12 bits per heavy atom. The summed E-state index contributed by atoms with van der Waals surface area (Å²) in [6.45, 7) is 4.36. The first-order valence-electron chi connectivity index (χ1n) is 8.93. The van der Waals surface area contributed by atoms with Crippen LogP contribution in [0, 0.1) is 11.8 Å². The zero-order chi connectivity index (χ0) is 18.3. The van der Waals surface area contributed by atoms with Crippen molar-refractivity contribution in [2.24, 2.45) is 11.8 Å². The van der Waals surface area contributed by atoms with Gasteiger partial charge in [-0.1, -0.05) is 17.3 Å². The van der Waals surface area contributed by atoms with Crippen LogP contribution in [0.2, 0.25) is 0 Å². The third kappa shape index (κ3) is 2.64. The summed E-state index contributed by atoms with van der Waals surface area (Å²) in [5.41, 5.74) is -0.00509. The van der Waals surface area contributed by atoms with Crippen LogP contribution >= 0.6 is 0 Å². The zero-order valence-electron chi connectivity index (χ0n) is 15.0. The number of fused-ring (bicyclic) bond motifs is 1. The lowest BCUT2D eigenvalue weighted by Crippen LogP contribution is -2.44. The van der Waals surface area contributed by atoms with Gasteiger partial charge in [0.05, 0.1) is 37.6 Å². The summed E-state index contributed by atoms with van der Waals surface area (Å²) in [6, 6.07) is 1.72. The Kier molecular flexibility index (Phi) is 4.32. The van der Waals surface area contributed by atoms with Crippen LogP contribution in [-0.2, 0) is 25.6 Å².